The van der Waals surface area contributed by atoms with E-state index in [0.717, 1.165) is 0 Å². The molecule has 3 N–H and O–H groups in total. The zero-order valence-electron chi connectivity index (χ0n) is 10.5. The number of nitrogen functional groups attached to an aromatic ring is 1. The van der Waals surface area contributed by atoms with Crippen molar-refractivity contribution in [2.45, 2.75) is 6.54 Å². The van der Waals surface area contributed by atoms with E-state index in [0.29, 0.717) is 13.1 Å². The molecule has 20 heavy (non-hydrogen) atoms. The first-order valence-electron chi connectivity index (χ1n) is 5.87. The molecule has 104 valence electrons. The van der Waals surface area contributed by atoms with Gasteiger partial charge < -0.3 is 11.1 Å². The lowest BCUT2D eigenvalue weighted by molar-refractivity contribution is -0.383. The molecule has 0 radical (unpaired) electrons. The highest BCUT2D eigenvalue weighted by Crippen LogP contribution is 2.21. The summed E-state index contributed by atoms with van der Waals surface area (Å²) in [5.41, 5.74) is 5.57. The summed E-state index contributed by atoms with van der Waals surface area (Å²) in [4.78, 5) is 21.9. The lowest BCUT2D eigenvalue weighted by Crippen LogP contribution is -2.27. The predicted molar refractivity (Wildman–Crippen MR) is 72.1 cm³/mol. The van der Waals surface area contributed by atoms with Crippen molar-refractivity contribution in [2.75, 3.05) is 12.3 Å². The molecule has 1 aromatic carbocycles. The monoisotopic (exact) mass is 275 g/mol. The number of hydrogen-bond acceptors (Lipinski definition) is 5. The van der Waals surface area contributed by atoms with E-state index in [4.69, 9.17) is 5.73 Å². The summed E-state index contributed by atoms with van der Waals surface area (Å²) in [6, 6.07) is 5.68. The molecule has 1 aromatic heterocycles. The van der Waals surface area contributed by atoms with Gasteiger partial charge in [-0.1, -0.05) is 0 Å². The van der Waals surface area contributed by atoms with Crippen molar-refractivity contribution in [1.82, 2.24) is 15.1 Å². The minimum absolute atomic E-state index is 0.0327. The van der Waals surface area contributed by atoms with Crippen molar-refractivity contribution in [2.24, 2.45) is 0 Å². The summed E-state index contributed by atoms with van der Waals surface area (Å²) in [6.45, 7) is 0.943. The Hall–Kier alpha value is -2.90. The van der Waals surface area contributed by atoms with Gasteiger partial charge in [-0.05, 0) is 18.2 Å². The molecule has 0 aliphatic heterocycles. The quantitative estimate of drug-likeness (QED) is 0.475. The number of nitrogens with zero attached hydrogens (tertiary/aromatic N) is 3. The minimum Gasteiger partial charge on any atom is -0.393 e. The van der Waals surface area contributed by atoms with Gasteiger partial charge in [0.25, 0.3) is 11.6 Å². The molecule has 0 fully saturated rings. The first-order valence-corrected chi connectivity index (χ1v) is 5.87. The summed E-state index contributed by atoms with van der Waals surface area (Å²) in [5.74, 6) is -0.334. The number of hydrogen-bond donors (Lipinski definition) is 2. The molecule has 8 heteroatoms. The number of amides is 1. The molecular formula is C12H13N5O3. The highest BCUT2D eigenvalue weighted by molar-refractivity contribution is 5.95. The molecule has 0 saturated heterocycles. The number of rotatable bonds is 5. The summed E-state index contributed by atoms with van der Waals surface area (Å²) >= 11 is 0. The second-order valence-electron chi connectivity index (χ2n) is 4.06. The molecule has 0 aliphatic carbocycles. The number of nitro groups is 1. The predicted octanol–water partition coefficient (Wildman–Crippen LogP) is 0.803. The normalized spacial score (nSPS) is 10.2. The Morgan fingerprint density at radius 3 is 2.90 bits per heavy atom. The number of carbonyl (C=O) groups is 1. The van der Waals surface area contributed by atoms with Crippen LogP contribution in [0.15, 0.2) is 36.7 Å². The van der Waals surface area contributed by atoms with E-state index >= 15 is 0 Å². The van der Waals surface area contributed by atoms with E-state index in [1.165, 1.54) is 18.2 Å². The fraction of sp³-hybridized carbons (Fsp3) is 0.167. The summed E-state index contributed by atoms with van der Waals surface area (Å²) in [7, 11) is 0. The molecule has 0 bridgehead atoms. The maximum atomic E-state index is 11.8. The van der Waals surface area contributed by atoms with Crippen LogP contribution < -0.4 is 11.1 Å². The van der Waals surface area contributed by atoms with Crippen LogP contribution in [0.3, 0.4) is 0 Å². The van der Waals surface area contributed by atoms with Gasteiger partial charge >= 0.3 is 0 Å². The van der Waals surface area contributed by atoms with Crippen LogP contribution in [0.1, 0.15) is 10.4 Å². The van der Waals surface area contributed by atoms with Gasteiger partial charge in [-0.2, -0.15) is 5.10 Å². The van der Waals surface area contributed by atoms with Gasteiger partial charge in [0.15, 0.2) is 0 Å². The topological polar surface area (TPSA) is 116 Å². The molecule has 2 rings (SSSR count). The number of anilines is 1. The Labute approximate surface area is 114 Å². The Balaban J connectivity index is 1.95. The van der Waals surface area contributed by atoms with E-state index in [-0.39, 0.29) is 22.8 Å². The number of carbonyl (C=O) groups excluding carboxylic acids is 1. The summed E-state index contributed by atoms with van der Waals surface area (Å²) < 4.78 is 1.68. The average Bonchev–Trinajstić information content (AvgIpc) is 2.91. The minimum atomic E-state index is -0.589. The zero-order chi connectivity index (χ0) is 14.5. The van der Waals surface area contributed by atoms with Gasteiger partial charge in [0.05, 0.1) is 11.5 Å². The Kier molecular flexibility index (Phi) is 3.94. The maximum absolute atomic E-state index is 11.8. The SMILES string of the molecule is Nc1cc(C(=O)NCCn2cccn2)ccc1[N+](=O)[O-]. The second kappa shape index (κ2) is 5.83. The largest absolute Gasteiger partial charge is 0.393 e. The van der Waals surface area contributed by atoms with Crippen LogP contribution >= 0.6 is 0 Å². The highest BCUT2D eigenvalue weighted by Gasteiger charge is 2.14. The maximum Gasteiger partial charge on any atom is 0.292 e. The van der Waals surface area contributed by atoms with Crippen molar-refractivity contribution < 1.29 is 9.72 Å². The molecule has 1 amide bonds. The van der Waals surface area contributed by atoms with Crippen LogP contribution in [-0.2, 0) is 6.54 Å². The van der Waals surface area contributed by atoms with E-state index < -0.39 is 4.92 Å². The van der Waals surface area contributed by atoms with E-state index in [1.807, 2.05) is 0 Å². The van der Waals surface area contributed by atoms with Crippen LogP contribution in [0.25, 0.3) is 0 Å². The standard InChI is InChI=1S/C12H13N5O3/c13-10-8-9(2-3-11(10)17(19)20)12(18)14-5-7-16-6-1-4-15-16/h1-4,6,8H,5,7,13H2,(H,14,18). The van der Waals surface area contributed by atoms with Gasteiger partial charge in [0.1, 0.15) is 5.69 Å². The van der Waals surface area contributed by atoms with Crippen molar-refractivity contribution >= 4 is 17.3 Å². The van der Waals surface area contributed by atoms with Gasteiger partial charge in [0.2, 0.25) is 0 Å². The van der Waals surface area contributed by atoms with Crippen molar-refractivity contribution in [3.8, 4) is 0 Å². The molecule has 1 heterocycles. The number of nitrogens with two attached hydrogens (primary N) is 1. The highest BCUT2D eigenvalue weighted by atomic mass is 16.6. The molecular weight excluding hydrogens is 262 g/mol. The van der Waals surface area contributed by atoms with Gasteiger partial charge in [0, 0.05) is 30.6 Å². The number of aromatic nitrogens is 2. The summed E-state index contributed by atoms with van der Waals surface area (Å²) in [5, 5.41) is 17.3. The molecule has 2 aromatic rings. The molecule has 0 saturated carbocycles. The van der Waals surface area contributed by atoms with Gasteiger partial charge in [-0.3, -0.25) is 19.6 Å². The van der Waals surface area contributed by atoms with E-state index in [1.54, 1.807) is 23.1 Å². The first-order chi connectivity index (χ1) is 9.58. The van der Waals surface area contributed by atoms with Crippen LogP contribution in [-0.4, -0.2) is 27.2 Å². The molecule has 0 spiro atoms. The number of nitrogens with one attached hydrogen (secondary N) is 1. The number of nitro benzene ring substituents is 1. The van der Waals surface area contributed by atoms with Crippen molar-refractivity contribution in [3.63, 3.8) is 0 Å². The first kappa shape index (κ1) is 13.5. The van der Waals surface area contributed by atoms with Crippen molar-refractivity contribution in [3.05, 3.63) is 52.3 Å². The molecule has 0 aliphatic rings. The molecule has 8 nitrogen and oxygen atoms in total. The molecule has 0 unspecified atom stereocenters. The van der Waals surface area contributed by atoms with Crippen LogP contribution in [0.4, 0.5) is 11.4 Å². The Bertz CT molecular complexity index is 624. The van der Waals surface area contributed by atoms with Crippen molar-refractivity contribution in [1.29, 1.82) is 0 Å². The molecule has 0 atom stereocenters. The fourth-order valence-corrected chi connectivity index (χ4v) is 1.68. The van der Waals surface area contributed by atoms with Gasteiger partial charge in [-0.25, -0.2) is 0 Å². The summed E-state index contributed by atoms with van der Waals surface area (Å²) in [6.07, 6.45) is 3.44. The smallest absolute Gasteiger partial charge is 0.292 e. The van der Waals surface area contributed by atoms with E-state index in [2.05, 4.69) is 10.4 Å². The van der Waals surface area contributed by atoms with Crippen LogP contribution in [0.2, 0.25) is 0 Å². The van der Waals surface area contributed by atoms with Crippen LogP contribution in [0, 0.1) is 10.1 Å². The third-order valence-corrected chi connectivity index (χ3v) is 2.67. The van der Waals surface area contributed by atoms with Gasteiger partial charge in [-0.15, -0.1) is 0 Å². The van der Waals surface area contributed by atoms with Crippen LogP contribution in [0.5, 0.6) is 0 Å². The third-order valence-electron chi connectivity index (χ3n) is 2.67. The Morgan fingerprint density at radius 1 is 1.50 bits per heavy atom. The zero-order valence-corrected chi connectivity index (χ0v) is 10.5. The fourth-order valence-electron chi connectivity index (χ4n) is 1.68. The third kappa shape index (κ3) is 3.10. The number of benzene rings is 1. The van der Waals surface area contributed by atoms with E-state index in [9.17, 15) is 14.9 Å². The lowest BCUT2D eigenvalue weighted by atomic mass is 10.1. The average molecular weight is 275 g/mol. The Morgan fingerprint density at radius 2 is 2.30 bits per heavy atom. The lowest BCUT2D eigenvalue weighted by Gasteiger charge is -2.06. The second-order valence-corrected chi connectivity index (χ2v) is 4.06.